The Labute approximate surface area is 98.6 Å². The highest BCUT2D eigenvalue weighted by molar-refractivity contribution is 5.85. The van der Waals surface area contributed by atoms with Crippen LogP contribution in [0.25, 0.3) is 0 Å². The molecular weight excluding hydrogens is 216 g/mol. The van der Waals surface area contributed by atoms with Gasteiger partial charge in [0.25, 0.3) is 0 Å². The van der Waals surface area contributed by atoms with Crippen LogP contribution in [0.1, 0.15) is 20.8 Å². The fourth-order valence-corrected chi connectivity index (χ4v) is 1.16. The number of carbonyl (C=O) groups excluding carboxylic acids is 1. The molecule has 5 heteroatoms. The summed E-state index contributed by atoms with van der Waals surface area (Å²) in [5.74, 6) is 0.0336. The summed E-state index contributed by atoms with van der Waals surface area (Å²) in [5.41, 5.74) is 5.44. The Hall–Kier alpha value is -0.320. The van der Waals surface area contributed by atoms with Crippen LogP contribution in [0.3, 0.4) is 0 Å². The maximum Gasteiger partial charge on any atom is 0.226 e. The zero-order valence-electron chi connectivity index (χ0n) is 9.86. The van der Waals surface area contributed by atoms with Crippen molar-refractivity contribution in [3.63, 3.8) is 0 Å². The first kappa shape index (κ1) is 17.1. The predicted molar refractivity (Wildman–Crippen MR) is 64.2 cm³/mol. The smallest absolute Gasteiger partial charge is 0.226 e. The van der Waals surface area contributed by atoms with Gasteiger partial charge in [0.2, 0.25) is 5.91 Å². The molecule has 0 bridgehead atoms. The van der Waals surface area contributed by atoms with Crippen molar-refractivity contribution in [1.29, 1.82) is 0 Å². The number of halogens is 1. The van der Waals surface area contributed by atoms with Crippen LogP contribution >= 0.6 is 12.4 Å². The molecule has 1 amide bonds. The number of nitrogens with two attached hydrogens (primary N) is 1. The maximum atomic E-state index is 11.7. The van der Waals surface area contributed by atoms with Crippen LogP contribution in [-0.2, 0) is 9.53 Å². The maximum absolute atomic E-state index is 11.7. The van der Waals surface area contributed by atoms with Crippen molar-refractivity contribution in [3.05, 3.63) is 0 Å². The van der Waals surface area contributed by atoms with Crippen molar-refractivity contribution in [2.45, 2.75) is 20.8 Å². The third kappa shape index (κ3) is 6.71. The summed E-state index contributed by atoms with van der Waals surface area (Å²) in [7, 11) is 0. The molecule has 0 radical (unpaired) electrons. The van der Waals surface area contributed by atoms with E-state index in [1.54, 1.807) is 4.90 Å². The number of hydrogen-bond donors (Lipinski definition) is 1. The van der Waals surface area contributed by atoms with Crippen LogP contribution in [0.5, 0.6) is 0 Å². The van der Waals surface area contributed by atoms with Crippen LogP contribution < -0.4 is 5.73 Å². The van der Waals surface area contributed by atoms with E-state index in [2.05, 4.69) is 0 Å². The Morgan fingerprint density at radius 1 is 1.47 bits per heavy atom. The first-order valence-corrected chi connectivity index (χ1v) is 5.23. The molecule has 0 aliphatic carbocycles. The molecule has 0 saturated carbocycles. The van der Waals surface area contributed by atoms with Gasteiger partial charge in [0.15, 0.2) is 0 Å². The Morgan fingerprint density at radius 2 is 2.07 bits per heavy atom. The third-order valence-electron chi connectivity index (χ3n) is 2.18. The van der Waals surface area contributed by atoms with E-state index in [4.69, 9.17) is 10.5 Å². The number of ether oxygens (including phenoxy) is 1. The summed E-state index contributed by atoms with van der Waals surface area (Å²) in [5, 5.41) is 0. The number of rotatable bonds is 7. The molecule has 0 aromatic heterocycles. The van der Waals surface area contributed by atoms with E-state index in [0.717, 1.165) is 6.54 Å². The molecule has 0 aliphatic rings. The number of likely N-dealkylation sites (N-methyl/N-ethyl adjacent to an activating group) is 1. The predicted octanol–water partition coefficient (Wildman–Crippen LogP) is 0.888. The summed E-state index contributed by atoms with van der Waals surface area (Å²) in [4.78, 5) is 13.5. The summed E-state index contributed by atoms with van der Waals surface area (Å²) in [6.45, 7) is 8.85. The van der Waals surface area contributed by atoms with Gasteiger partial charge >= 0.3 is 0 Å². The van der Waals surface area contributed by atoms with Gasteiger partial charge in [-0.2, -0.15) is 0 Å². The molecule has 92 valence electrons. The topological polar surface area (TPSA) is 55.6 Å². The minimum Gasteiger partial charge on any atom is -0.380 e. The Bertz CT molecular complexity index is 168. The van der Waals surface area contributed by atoms with Gasteiger partial charge in [-0.05, 0) is 13.8 Å². The summed E-state index contributed by atoms with van der Waals surface area (Å²) < 4.78 is 5.20. The fourth-order valence-electron chi connectivity index (χ4n) is 1.16. The second-order valence-electron chi connectivity index (χ2n) is 3.25. The molecule has 0 heterocycles. The Balaban J connectivity index is 0. The van der Waals surface area contributed by atoms with Gasteiger partial charge in [0.1, 0.15) is 0 Å². The SMILES string of the molecule is CCOCCN(CC)C(=O)C(C)CN.Cl. The van der Waals surface area contributed by atoms with E-state index >= 15 is 0 Å². The average molecular weight is 239 g/mol. The summed E-state index contributed by atoms with van der Waals surface area (Å²) >= 11 is 0. The van der Waals surface area contributed by atoms with E-state index in [1.165, 1.54) is 0 Å². The molecule has 0 aromatic carbocycles. The van der Waals surface area contributed by atoms with Gasteiger partial charge in [-0.1, -0.05) is 6.92 Å². The van der Waals surface area contributed by atoms with Crippen molar-refractivity contribution >= 4 is 18.3 Å². The third-order valence-corrected chi connectivity index (χ3v) is 2.18. The first-order chi connectivity index (χ1) is 6.67. The average Bonchev–Trinajstić information content (AvgIpc) is 2.22. The Kier molecular flexibility index (Phi) is 11.6. The molecule has 15 heavy (non-hydrogen) atoms. The fraction of sp³-hybridized carbons (Fsp3) is 0.900. The van der Waals surface area contributed by atoms with Crippen molar-refractivity contribution in [2.75, 3.05) is 32.8 Å². The lowest BCUT2D eigenvalue weighted by molar-refractivity contribution is -0.135. The van der Waals surface area contributed by atoms with E-state index in [-0.39, 0.29) is 24.2 Å². The standard InChI is InChI=1S/C10H22N2O2.ClH/c1-4-12(6-7-14-5-2)10(13)9(3)8-11;/h9H,4-8,11H2,1-3H3;1H. The highest BCUT2D eigenvalue weighted by Gasteiger charge is 2.17. The molecule has 0 saturated heterocycles. The quantitative estimate of drug-likeness (QED) is 0.671. The van der Waals surface area contributed by atoms with Gasteiger partial charge in [0, 0.05) is 32.2 Å². The highest BCUT2D eigenvalue weighted by atomic mass is 35.5. The zero-order valence-corrected chi connectivity index (χ0v) is 10.7. The molecule has 0 fully saturated rings. The van der Waals surface area contributed by atoms with E-state index < -0.39 is 0 Å². The number of nitrogens with zero attached hydrogens (tertiary/aromatic N) is 1. The summed E-state index contributed by atoms with van der Waals surface area (Å²) in [6.07, 6.45) is 0. The normalized spacial score (nSPS) is 11.7. The van der Waals surface area contributed by atoms with Gasteiger partial charge in [0.05, 0.1) is 6.61 Å². The van der Waals surface area contributed by atoms with Crippen molar-refractivity contribution in [2.24, 2.45) is 11.7 Å². The lowest BCUT2D eigenvalue weighted by Crippen LogP contribution is -2.39. The van der Waals surface area contributed by atoms with Gasteiger partial charge < -0.3 is 15.4 Å². The lowest BCUT2D eigenvalue weighted by atomic mass is 10.1. The van der Waals surface area contributed by atoms with Crippen LogP contribution in [-0.4, -0.2) is 43.7 Å². The molecule has 1 unspecified atom stereocenters. The Morgan fingerprint density at radius 3 is 2.47 bits per heavy atom. The van der Waals surface area contributed by atoms with Crippen LogP contribution in [0, 0.1) is 5.92 Å². The van der Waals surface area contributed by atoms with Crippen molar-refractivity contribution < 1.29 is 9.53 Å². The number of hydrogen-bond acceptors (Lipinski definition) is 3. The lowest BCUT2D eigenvalue weighted by Gasteiger charge is -2.23. The van der Waals surface area contributed by atoms with Crippen LogP contribution in [0.4, 0.5) is 0 Å². The van der Waals surface area contributed by atoms with E-state index in [0.29, 0.717) is 26.3 Å². The first-order valence-electron chi connectivity index (χ1n) is 5.23. The monoisotopic (exact) mass is 238 g/mol. The van der Waals surface area contributed by atoms with E-state index in [1.807, 2.05) is 20.8 Å². The minimum absolute atomic E-state index is 0. The molecule has 2 N–H and O–H groups in total. The second-order valence-corrected chi connectivity index (χ2v) is 3.25. The van der Waals surface area contributed by atoms with Crippen molar-refractivity contribution in [1.82, 2.24) is 4.90 Å². The van der Waals surface area contributed by atoms with Crippen molar-refractivity contribution in [3.8, 4) is 0 Å². The zero-order chi connectivity index (χ0) is 11.0. The molecular formula is C10H23ClN2O2. The van der Waals surface area contributed by atoms with Gasteiger partial charge in [-0.25, -0.2) is 0 Å². The minimum atomic E-state index is -0.0865. The molecule has 0 rings (SSSR count). The number of amides is 1. The molecule has 0 spiro atoms. The van der Waals surface area contributed by atoms with E-state index in [9.17, 15) is 4.79 Å². The second kappa shape index (κ2) is 10.2. The largest absolute Gasteiger partial charge is 0.380 e. The van der Waals surface area contributed by atoms with Gasteiger partial charge in [-0.15, -0.1) is 12.4 Å². The van der Waals surface area contributed by atoms with Crippen LogP contribution in [0.2, 0.25) is 0 Å². The summed E-state index contributed by atoms with van der Waals surface area (Å²) in [6, 6.07) is 0. The molecule has 0 aromatic rings. The molecule has 1 atom stereocenters. The molecule has 0 aliphatic heterocycles. The highest BCUT2D eigenvalue weighted by Crippen LogP contribution is 2.00. The van der Waals surface area contributed by atoms with Gasteiger partial charge in [-0.3, -0.25) is 4.79 Å². The number of carbonyl (C=O) groups is 1. The van der Waals surface area contributed by atoms with Crippen LogP contribution in [0.15, 0.2) is 0 Å². The molecule has 4 nitrogen and oxygen atoms in total.